The van der Waals surface area contributed by atoms with E-state index in [-0.39, 0.29) is 22.8 Å². The van der Waals surface area contributed by atoms with E-state index in [1.54, 1.807) is 0 Å². The Hall–Kier alpha value is -2.02. The van der Waals surface area contributed by atoms with Gasteiger partial charge in [-0.15, -0.1) is 11.8 Å². The number of hydrogen-bond acceptors (Lipinski definition) is 4. The van der Waals surface area contributed by atoms with Gasteiger partial charge in [0.1, 0.15) is 11.9 Å². The zero-order valence-electron chi connectivity index (χ0n) is 14.1. The van der Waals surface area contributed by atoms with E-state index in [0.717, 1.165) is 16.9 Å². The van der Waals surface area contributed by atoms with Crippen LogP contribution < -0.4 is 5.32 Å². The smallest absolute Gasteiger partial charge is 0.326 e. The molecule has 2 atom stereocenters. The average molecular weight is 349 g/mol. The molecule has 1 heterocycles. The molecule has 0 bridgehead atoms. The minimum Gasteiger partial charge on any atom is -0.480 e. The lowest BCUT2D eigenvalue weighted by molar-refractivity contribution is -0.141. The van der Waals surface area contributed by atoms with Gasteiger partial charge in [0.05, 0.1) is 22.0 Å². The summed E-state index contributed by atoms with van der Waals surface area (Å²) >= 11 is 1.43. The third-order valence-corrected chi connectivity index (χ3v) is 4.75. The predicted molar refractivity (Wildman–Crippen MR) is 96.0 cm³/mol. The Bertz CT molecular complexity index is 681. The number of hydrogen-bond donors (Lipinski definition) is 3. The van der Waals surface area contributed by atoms with E-state index in [1.807, 2.05) is 45.0 Å². The largest absolute Gasteiger partial charge is 0.480 e. The Balaban J connectivity index is 1.89. The van der Waals surface area contributed by atoms with Crippen LogP contribution in [0.1, 0.15) is 38.3 Å². The number of carboxylic acid groups (broad SMARTS) is 1. The van der Waals surface area contributed by atoms with Gasteiger partial charge in [-0.05, 0) is 31.4 Å². The van der Waals surface area contributed by atoms with Crippen molar-refractivity contribution in [1.82, 2.24) is 15.3 Å². The number of benzene rings is 1. The Kier molecular flexibility index (Phi) is 6.25. The van der Waals surface area contributed by atoms with Crippen LogP contribution in [0, 0.1) is 5.92 Å². The van der Waals surface area contributed by atoms with Gasteiger partial charge in [0, 0.05) is 0 Å². The van der Waals surface area contributed by atoms with Crippen LogP contribution in [0.4, 0.5) is 0 Å². The molecular weight excluding hydrogens is 326 g/mol. The summed E-state index contributed by atoms with van der Waals surface area (Å²) in [5.74, 6) is -0.0528. The molecule has 0 aliphatic carbocycles. The summed E-state index contributed by atoms with van der Waals surface area (Å²) in [5.41, 5.74) is 1.86. The number of fused-ring (bicyclic) bond motifs is 1. The Morgan fingerprint density at radius 2 is 2.00 bits per heavy atom. The summed E-state index contributed by atoms with van der Waals surface area (Å²) < 4.78 is 0. The van der Waals surface area contributed by atoms with Gasteiger partial charge >= 0.3 is 5.97 Å². The molecule has 0 saturated heterocycles. The number of aromatic nitrogens is 2. The van der Waals surface area contributed by atoms with Crippen molar-refractivity contribution >= 4 is 34.7 Å². The maximum absolute atomic E-state index is 12.0. The van der Waals surface area contributed by atoms with Crippen molar-refractivity contribution in [2.75, 3.05) is 5.75 Å². The van der Waals surface area contributed by atoms with Crippen molar-refractivity contribution in [3.63, 3.8) is 0 Å². The Labute approximate surface area is 145 Å². The minimum atomic E-state index is -0.993. The van der Waals surface area contributed by atoms with Gasteiger partial charge in [-0.25, -0.2) is 9.78 Å². The number of nitrogens with zero attached hydrogens (tertiary/aromatic N) is 1. The number of rotatable bonds is 8. The second kappa shape index (κ2) is 8.19. The number of nitrogens with one attached hydrogen (secondary N) is 2. The van der Waals surface area contributed by atoms with Crippen molar-refractivity contribution in [3.05, 3.63) is 30.1 Å². The molecule has 2 aromatic rings. The third-order valence-electron chi connectivity index (χ3n) is 3.60. The summed E-state index contributed by atoms with van der Waals surface area (Å²) in [5, 5.41) is 11.8. The number of imidazole rings is 1. The number of para-hydroxylation sites is 2. The molecule has 3 N–H and O–H groups in total. The standard InChI is InChI=1S/C17H23N3O3S/c1-10(2)8-14(17(22)23)18-15(21)9-24-11(3)16-19-12-6-4-5-7-13(12)20-16/h4-7,10-11,14H,8-9H2,1-3H3,(H,18,21)(H,19,20)(H,22,23)/t11?,14-/m0/s1. The summed E-state index contributed by atoms with van der Waals surface area (Å²) in [4.78, 5) is 31.0. The van der Waals surface area contributed by atoms with Crippen LogP contribution in [0.25, 0.3) is 11.0 Å². The fourth-order valence-corrected chi connectivity index (χ4v) is 3.13. The van der Waals surface area contributed by atoms with Crippen LogP contribution in [-0.4, -0.2) is 38.7 Å². The maximum Gasteiger partial charge on any atom is 0.326 e. The molecule has 7 heteroatoms. The molecule has 1 unspecified atom stereocenters. The molecule has 0 radical (unpaired) electrons. The number of carbonyl (C=O) groups excluding carboxylic acids is 1. The van der Waals surface area contributed by atoms with E-state index >= 15 is 0 Å². The summed E-state index contributed by atoms with van der Waals surface area (Å²) in [6, 6.07) is 6.93. The highest BCUT2D eigenvalue weighted by Crippen LogP contribution is 2.27. The predicted octanol–water partition coefficient (Wildman–Crippen LogP) is 2.97. The number of thioether (sulfide) groups is 1. The van der Waals surface area contributed by atoms with Crippen LogP contribution in [0.2, 0.25) is 0 Å². The summed E-state index contributed by atoms with van der Waals surface area (Å²) in [7, 11) is 0. The SMILES string of the molecule is CC(C)C[C@H](NC(=O)CSC(C)c1nc2ccccc2[nH]1)C(=O)O. The molecule has 24 heavy (non-hydrogen) atoms. The number of amides is 1. The first kappa shape index (κ1) is 18.3. The van der Waals surface area contributed by atoms with Crippen LogP contribution >= 0.6 is 11.8 Å². The molecule has 1 aromatic heterocycles. The second-order valence-corrected chi connectivity index (χ2v) is 7.51. The molecule has 6 nitrogen and oxygen atoms in total. The fraction of sp³-hybridized carbons (Fsp3) is 0.471. The van der Waals surface area contributed by atoms with Crippen molar-refractivity contribution < 1.29 is 14.7 Å². The first-order chi connectivity index (χ1) is 11.4. The fourth-order valence-electron chi connectivity index (χ4n) is 2.37. The molecule has 130 valence electrons. The number of carboxylic acids is 1. The second-order valence-electron chi connectivity index (χ2n) is 6.18. The zero-order valence-corrected chi connectivity index (χ0v) is 14.9. The van der Waals surface area contributed by atoms with Gasteiger partial charge in [0.2, 0.25) is 5.91 Å². The molecule has 2 rings (SSSR count). The van der Waals surface area contributed by atoms with E-state index < -0.39 is 12.0 Å². The van der Waals surface area contributed by atoms with E-state index in [1.165, 1.54) is 11.8 Å². The highest BCUT2D eigenvalue weighted by molar-refractivity contribution is 8.00. The first-order valence-corrected chi connectivity index (χ1v) is 9.00. The zero-order chi connectivity index (χ0) is 17.7. The van der Waals surface area contributed by atoms with E-state index in [4.69, 9.17) is 0 Å². The first-order valence-electron chi connectivity index (χ1n) is 7.95. The summed E-state index contributed by atoms with van der Waals surface area (Å²) in [6.45, 7) is 5.83. The normalized spacial score (nSPS) is 13.8. The Morgan fingerprint density at radius 3 is 2.62 bits per heavy atom. The van der Waals surface area contributed by atoms with E-state index in [0.29, 0.717) is 6.42 Å². The van der Waals surface area contributed by atoms with E-state index in [9.17, 15) is 14.7 Å². The Morgan fingerprint density at radius 1 is 1.29 bits per heavy atom. The minimum absolute atomic E-state index is 0.0107. The average Bonchev–Trinajstić information content (AvgIpc) is 2.95. The summed E-state index contributed by atoms with van der Waals surface area (Å²) in [6.07, 6.45) is 0.421. The quantitative estimate of drug-likeness (QED) is 0.681. The molecule has 1 amide bonds. The van der Waals surface area contributed by atoms with Crippen molar-refractivity contribution in [3.8, 4) is 0 Å². The lowest BCUT2D eigenvalue weighted by atomic mass is 10.0. The van der Waals surface area contributed by atoms with E-state index in [2.05, 4.69) is 15.3 Å². The van der Waals surface area contributed by atoms with Crippen molar-refractivity contribution in [2.24, 2.45) is 5.92 Å². The number of aliphatic carboxylic acids is 1. The van der Waals surface area contributed by atoms with Gasteiger partial charge in [0.15, 0.2) is 0 Å². The van der Waals surface area contributed by atoms with Gasteiger partial charge < -0.3 is 15.4 Å². The molecular formula is C17H23N3O3S. The number of carbonyl (C=O) groups is 2. The highest BCUT2D eigenvalue weighted by atomic mass is 32.2. The number of H-pyrrole nitrogens is 1. The van der Waals surface area contributed by atoms with Gasteiger partial charge in [-0.3, -0.25) is 4.79 Å². The van der Waals surface area contributed by atoms with Crippen LogP contribution in [0.5, 0.6) is 0 Å². The third kappa shape index (κ3) is 4.99. The lowest BCUT2D eigenvalue weighted by Gasteiger charge is -2.17. The topological polar surface area (TPSA) is 95.1 Å². The van der Waals surface area contributed by atoms with Crippen molar-refractivity contribution in [1.29, 1.82) is 0 Å². The monoisotopic (exact) mass is 349 g/mol. The van der Waals surface area contributed by atoms with Crippen LogP contribution in [0.3, 0.4) is 0 Å². The van der Waals surface area contributed by atoms with Crippen LogP contribution in [-0.2, 0) is 9.59 Å². The van der Waals surface area contributed by atoms with Crippen LogP contribution in [0.15, 0.2) is 24.3 Å². The molecule has 0 aliphatic heterocycles. The van der Waals surface area contributed by atoms with Gasteiger partial charge in [-0.1, -0.05) is 26.0 Å². The highest BCUT2D eigenvalue weighted by Gasteiger charge is 2.21. The number of aromatic amines is 1. The molecule has 0 saturated carbocycles. The molecule has 1 aromatic carbocycles. The molecule has 0 aliphatic rings. The molecule has 0 fully saturated rings. The van der Waals surface area contributed by atoms with Crippen molar-refractivity contribution in [2.45, 2.75) is 38.5 Å². The lowest BCUT2D eigenvalue weighted by Crippen LogP contribution is -2.42. The van der Waals surface area contributed by atoms with Gasteiger partial charge in [0.25, 0.3) is 0 Å². The molecule has 0 spiro atoms. The maximum atomic E-state index is 12.0. The van der Waals surface area contributed by atoms with Gasteiger partial charge in [-0.2, -0.15) is 0 Å².